The first-order chi connectivity index (χ1) is 9.27. The minimum Gasteiger partial charge on any atom is -0.342 e. The Morgan fingerprint density at radius 2 is 1.68 bits per heavy atom. The molecule has 0 heterocycles. The fourth-order valence-corrected chi connectivity index (χ4v) is 2.50. The number of nitrogens with one attached hydrogen (secondary N) is 1. The Hall–Kier alpha value is -1.64. The lowest BCUT2D eigenvalue weighted by Gasteiger charge is -2.16. The molecule has 0 aliphatic heterocycles. The van der Waals surface area contributed by atoms with Gasteiger partial charge in [0.2, 0.25) is 0 Å². The summed E-state index contributed by atoms with van der Waals surface area (Å²) in [5.74, 6) is 0.0457. The number of benzene rings is 1. The molecule has 1 aliphatic carbocycles. The van der Waals surface area contributed by atoms with Crippen LogP contribution in [0.4, 0.5) is 0 Å². The zero-order chi connectivity index (χ0) is 13.5. The second-order valence-electron chi connectivity index (χ2n) is 5.16. The Balaban J connectivity index is 1.98. The Labute approximate surface area is 114 Å². The average molecular weight is 259 g/mol. The van der Waals surface area contributed by atoms with Crippen molar-refractivity contribution in [3.8, 4) is 0 Å². The predicted molar refractivity (Wildman–Crippen MR) is 75.0 cm³/mol. The molecule has 1 amide bonds. The SMILES string of the molecule is O=C(NC1CCCCCCCC1=O)c1ccccc1. The molecule has 1 fully saturated rings. The van der Waals surface area contributed by atoms with Crippen LogP contribution in [0.5, 0.6) is 0 Å². The van der Waals surface area contributed by atoms with Crippen LogP contribution >= 0.6 is 0 Å². The van der Waals surface area contributed by atoms with Gasteiger partial charge in [-0.05, 0) is 25.0 Å². The molecular formula is C16H21NO2. The highest BCUT2D eigenvalue weighted by Gasteiger charge is 2.21. The third-order valence-electron chi connectivity index (χ3n) is 3.65. The lowest BCUT2D eigenvalue weighted by atomic mass is 10.0. The number of hydrogen-bond acceptors (Lipinski definition) is 2. The summed E-state index contributed by atoms with van der Waals surface area (Å²) < 4.78 is 0. The van der Waals surface area contributed by atoms with Crippen molar-refractivity contribution in [3.63, 3.8) is 0 Å². The molecule has 1 unspecified atom stereocenters. The predicted octanol–water partition coefficient (Wildman–Crippen LogP) is 3.10. The third-order valence-corrected chi connectivity index (χ3v) is 3.65. The Kier molecular flexibility index (Phi) is 5.13. The minimum atomic E-state index is -0.300. The summed E-state index contributed by atoms with van der Waals surface area (Å²) in [6.45, 7) is 0. The molecule has 1 aromatic carbocycles. The van der Waals surface area contributed by atoms with Crippen LogP contribution in [-0.2, 0) is 4.79 Å². The molecule has 0 saturated heterocycles. The van der Waals surface area contributed by atoms with Crippen LogP contribution in [0.3, 0.4) is 0 Å². The normalized spacial score (nSPS) is 21.1. The molecule has 1 N–H and O–H groups in total. The highest BCUT2D eigenvalue weighted by atomic mass is 16.2. The van der Waals surface area contributed by atoms with Gasteiger partial charge in [0, 0.05) is 12.0 Å². The molecule has 2 rings (SSSR count). The van der Waals surface area contributed by atoms with Gasteiger partial charge >= 0.3 is 0 Å². The Bertz CT molecular complexity index is 428. The average Bonchev–Trinajstić information content (AvgIpc) is 2.54. The number of carbonyl (C=O) groups excluding carboxylic acids is 2. The Morgan fingerprint density at radius 3 is 2.47 bits per heavy atom. The number of ketones is 1. The zero-order valence-corrected chi connectivity index (χ0v) is 11.2. The van der Waals surface area contributed by atoms with Crippen molar-refractivity contribution >= 4 is 11.7 Å². The van der Waals surface area contributed by atoms with E-state index in [-0.39, 0.29) is 17.7 Å². The summed E-state index contributed by atoms with van der Waals surface area (Å²) in [6, 6.07) is 8.79. The van der Waals surface area contributed by atoms with E-state index in [1.165, 1.54) is 6.42 Å². The van der Waals surface area contributed by atoms with Crippen molar-refractivity contribution in [1.29, 1.82) is 0 Å². The first-order valence-electron chi connectivity index (χ1n) is 7.16. The second-order valence-corrected chi connectivity index (χ2v) is 5.16. The highest BCUT2D eigenvalue weighted by Crippen LogP contribution is 2.15. The number of carbonyl (C=O) groups is 2. The van der Waals surface area contributed by atoms with Crippen LogP contribution in [-0.4, -0.2) is 17.7 Å². The van der Waals surface area contributed by atoms with Crippen LogP contribution in [0.1, 0.15) is 55.3 Å². The van der Waals surface area contributed by atoms with Gasteiger partial charge in [-0.2, -0.15) is 0 Å². The second kappa shape index (κ2) is 7.07. The maximum Gasteiger partial charge on any atom is 0.251 e. The van der Waals surface area contributed by atoms with E-state index in [0.29, 0.717) is 12.0 Å². The monoisotopic (exact) mass is 259 g/mol. The lowest BCUT2D eigenvalue weighted by Crippen LogP contribution is -2.40. The van der Waals surface area contributed by atoms with Gasteiger partial charge in [-0.3, -0.25) is 9.59 Å². The molecular weight excluding hydrogens is 238 g/mol. The minimum absolute atomic E-state index is 0.141. The first-order valence-corrected chi connectivity index (χ1v) is 7.16. The molecule has 1 aliphatic rings. The topological polar surface area (TPSA) is 46.2 Å². The molecule has 3 nitrogen and oxygen atoms in total. The highest BCUT2D eigenvalue weighted by molar-refractivity contribution is 5.97. The molecule has 102 valence electrons. The van der Waals surface area contributed by atoms with E-state index in [2.05, 4.69) is 5.32 Å². The molecule has 3 heteroatoms. The number of hydrogen-bond donors (Lipinski definition) is 1. The van der Waals surface area contributed by atoms with Gasteiger partial charge in [-0.15, -0.1) is 0 Å². The molecule has 1 aromatic rings. The fraction of sp³-hybridized carbons (Fsp3) is 0.500. The van der Waals surface area contributed by atoms with Crippen molar-refractivity contribution in [2.24, 2.45) is 0 Å². The summed E-state index contributed by atoms with van der Waals surface area (Å²) >= 11 is 0. The van der Waals surface area contributed by atoms with Gasteiger partial charge in [-0.1, -0.05) is 43.9 Å². The summed E-state index contributed by atoms with van der Waals surface area (Å²) in [4.78, 5) is 24.2. The lowest BCUT2D eigenvalue weighted by molar-refractivity contribution is -0.121. The van der Waals surface area contributed by atoms with E-state index >= 15 is 0 Å². The third kappa shape index (κ3) is 4.19. The molecule has 1 saturated carbocycles. The van der Waals surface area contributed by atoms with Gasteiger partial charge in [0.15, 0.2) is 5.78 Å². The van der Waals surface area contributed by atoms with E-state index in [0.717, 1.165) is 32.1 Å². The van der Waals surface area contributed by atoms with Gasteiger partial charge in [-0.25, -0.2) is 0 Å². The molecule has 0 radical (unpaired) electrons. The largest absolute Gasteiger partial charge is 0.342 e. The van der Waals surface area contributed by atoms with Crippen molar-refractivity contribution in [2.45, 2.75) is 51.0 Å². The van der Waals surface area contributed by atoms with Crippen LogP contribution in [0.2, 0.25) is 0 Å². The molecule has 19 heavy (non-hydrogen) atoms. The summed E-state index contributed by atoms with van der Waals surface area (Å²) in [5, 5.41) is 2.89. The van der Waals surface area contributed by atoms with Crippen molar-refractivity contribution in [3.05, 3.63) is 35.9 Å². The molecule has 1 atom stereocenters. The zero-order valence-electron chi connectivity index (χ0n) is 11.2. The number of Topliss-reactive ketones (excluding diaryl/α,β-unsaturated/α-hetero) is 1. The van der Waals surface area contributed by atoms with E-state index in [4.69, 9.17) is 0 Å². The van der Waals surface area contributed by atoms with Crippen LogP contribution in [0, 0.1) is 0 Å². The fourth-order valence-electron chi connectivity index (χ4n) is 2.50. The van der Waals surface area contributed by atoms with E-state index < -0.39 is 0 Å². The molecule has 0 aromatic heterocycles. The maximum absolute atomic E-state index is 12.1. The number of rotatable bonds is 2. The standard InChI is InChI=1S/C16H21NO2/c18-15-12-8-3-1-2-7-11-14(15)17-16(19)13-9-5-4-6-10-13/h4-6,9-10,14H,1-3,7-8,11-12H2,(H,17,19). The van der Waals surface area contributed by atoms with Gasteiger partial charge in [0.25, 0.3) is 5.91 Å². The van der Waals surface area contributed by atoms with Crippen molar-refractivity contribution in [2.75, 3.05) is 0 Å². The van der Waals surface area contributed by atoms with Crippen LogP contribution in [0.25, 0.3) is 0 Å². The molecule has 0 spiro atoms. The maximum atomic E-state index is 12.1. The molecule has 0 bridgehead atoms. The number of amides is 1. The Morgan fingerprint density at radius 1 is 1.00 bits per heavy atom. The van der Waals surface area contributed by atoms with Crippen LogP contribution in [0.15, 0.2) is 30.3 Å². The smallest absolute Gasteiger partial charge is 0.251 e. The van der Waals surface area contributed by atoms with E-state index in [1.807, 2.05) is 18.2 Å². The quantitative estimate of drug-likeness (QED) is 0.887. The van der Waals surface area contributed by atoms with Crippen LogP contribution < -0.4 is 5.32 Å². The van der Waals surface area contributed by atoms with Gasteiger partial charge in [0.1, 0.15) is 0 Å². The van der Waals surface area contributed by atoms with Crippen molar-refractivity contribution < 1.29 is 9.59 Å². The van der Waals surface area contributed by atoms with Gasteiger partial charge in [0.05, 0.1) is 6.04 Å². The summed E-state index contributed by atoms with van der Waals surface area (Å²) in [6.07, 6.45) is 6.84. The summed E-state index contributed by atoms with van der Waals surface area (Å²) in [5.41, 5.74) is 0.621. The van der Waals surface area contributed by atoms with E-state index in [1.54, 1.807) is 12.1 Å². The summed E-state index contributed by atoms with van der Waals surface area (Å²) in [7, 11) is 0. The van der Waals surface area contributed by atoms with Crippen molar-refractivity contribution in [1.82, 2.24) is 5.32 Å². The first kappa shape index (κ1) is 13.8. The van der Waals surface area contributed by atoms with E-state index in [9.17, 15) is 9.59 Å². The van der Waals surface area contributed by atoms with Gasteiger partial charge < -0.3 is 5.32 Å².